The largest absolute Gasteiger partial charge is 0.293 e. The molecule has 0 saturated carbocycles. The first kappa shape index (κ1) is 15.0. The Bertz CT molecular complexity index is 646. The highest BCUT2D eigenvalue weighted by Crippen LogP contribution is 2.28. The van der Waals surface area contributed by atoms with Gasteiger partial charge in [-0.1, -0.05) is 17.7 Å². The van der Waals surface area contributed by atoms with Gasteiger partial charge < -0.3 is 0 Å². The fourth-order valence-corrected chi connectivity index (χ4v) is 2.96. The van der Waals surface area contributed by atoms with Crippen LogP contribution in [-0.4, -0.2) is 11.0 Å². The van der Waals surface area contributed by atoms with E-state index in [9.17, 15) is 13.6 Å². The van der Waals surface area contributed by atoms with E-state index in [1.54, 1.807) is 25.1 Å². The number of halogens is 3. The van der Waals surface area contributed by atoms with Crippen LogP contribution < -0.4 is 0 Å². The van der Waals surface area contributed by atoms with Crippen LogP contribution in [0.5, 0.6) is 0 Å². The van der Waals surface area contributed by atoms with Gasteiger partial charge in [0.2, 0.25) is 0 Å². The molecule has 1 unspecified atom stereocenters. The molecule has 0 amide bonds. The molecule has 0 aliphatic heterocycles. The summed E-state index contributed by atoms with van der Waals surface area (Å²) in [6.07, 6.45) is 0. The van der Waals surface area contributed by atoms with E-state index in [-0.39, 0.29) is 11.3 Å². The van der Waals surface area contributed by atoms with E-state index in [2.05, 4.69) is 0 Å². The fraction of sp³-hybridized carbons (Fsp3) is 0.133. The van der Waals surface area contributed by atoms with Gasteiger partial charge in [0.15, 0.2) is 5.78 Å². The van der Waals surface area contributed by atoms with Crippen molar-refractivity contribution in [2.45, 2.75) is 17.1 Å². The summed E-state index contributed by atoms with van der Waals surface area (Å²) < 4.78 is 26.4. The molecule has 0 spiro atoms. The minimum atomic E-state index is -0.839. The van der Waals surface area contributed by atoms with Gasteiger partial charge in [0.1, 0.15) is 11.6 Å². The summed E-state index contributed by atoms with van der Waals surface area (Å²) in [5.74, 6) is -1.92. The van der Waals surface area contributed by atoms with Gasteiger partial charge in [0.05, 0.1) is 10.8 Å². The van der Waals surface area contributed by atoms with Crippen LogP contribution in [0.15, 0.2) is 47.4 Å². The smallest absolute Gasteiger partial charge is 0.178 e. The zero-order valence-electron chi connectivity index (χ0n) is 10.6. The molecule has 2 aromatic rings. The van der Waals surface area contributed by atoms with Gasteiger partial charge in [0, 0.05) is 16.0 Å². The summed E-state index contributed by atoms with van der Waals surface area (Å²) in [4.78, 5) is 13.0. The number of ketones is 1. The average Bonchev–Trinajstić information content (AvgIpc) is 2.38. The van der Waals surface area contributed by atoms with E-state index in [0.717, 1.165) is 11.0 Å². The Morgan fingerprint density at radius 2 is 1.95 bits per heavy atom. The molecule has 1 nitrogen and oxygen atoms in total. The molecule has 2 rings (SSSR count). The van der Waals surface area contributed by atoms with Gasteiger partial charge >= 0.3 is 0 Å². The third-order valence-corrected chi connectivity index (χ3v) is 4.00. The lowest BCUT2D eigenvalue weighted by atomic mass is 10.1. The van der Waals surface area contributed by atoms with Crippen LogP contribution in [0.25, 0.3) is 0 Å². The summed E-state index contributed by atoms with van der Waals surface area (Å²) in [6.45, 7) is 1.68. The van der Waals surface area contributed by atoms with Crippen molar-refractivity contribution < 1.29 is 13.6 Å². The second-order valence-electron chi connectivity index (χ2n) is 4.21. The molecular weight excluding hydrogens is 302 g/mol. The van der Waals surface area contributed by atoms with Crippen molar-refractivity contribution in [3.8, 4) is 0 Å². The Hall–Kier alpha value is -1.39. The number of carbonyl (C=O) groups is 1. The minimum absolute atomic E-state index is 0.103. The monoisotopic (exact) mass is 312 g/mol. The molecule has 2 aromatic carbocycles. The van der Waals surface area contributed by atoms with Crippen LogP contribution in [0.2, 0.25) is 5.02 Å². The standard InChI is InChI=1S/C15H11ClF2OS/c1-9(20-12-4-2-3-10(16)7-12)15(19)13-6-5-11(17)8-14(13)18/h2-9H,1H3. The van der Waals surface area contributed by atoms with Crippen molar-refractivity contribution in [2.75, 3.05) is 0 Å². The van der Waals surface area contributed by atoms with Crippen LogP contribution in [-0.2, 0) is 0 Å². The number of benzene rings is 2. The molecular formula is C15H11ClF2OS. The zero-order valence-corrected chi connectivity index (χ0v) is 12.1. The van der Waals surface area contributed by atoms with E-state index in [1.165, 1.54) is 17.8 Å². The Kier molecular flexibility index (Phi) is 4.78. The van der Waals surface area contributed by atoms with Crippen molar-refractivity contribution >= 4 is 29.1 Å². The summed E-state index contributed by atoms with van der Waals surface area (Å²) in [7, 11) is 0. The lowest BCUT2D eigenvalue weighted by Gasteiger charge is -2.11. The predicted octanol–water partition coefficient (Wildman–Crippen LogP) is 4.98. The van der Waals surface area contributed by atoms with Gasteiger partial charge in [0.25, 0.3) is 0 Å². The molecule has 104 valence electrons. The van der Waals surface area contributed by atoms with Crippen LogP contribution in [0.3, 0.4) is 0 Å². The fourth-order valence-electron chi connectivity index (χ4n) is 1.71. The SMILES string of the molecule is CC(Sc1cccc(Cl)c1)C(=O)c1ccc(F)cc1F. The van der Waals surface area contributed by atoms with Crippen LogP contribution in [0.1, 0.15) is 17.3 Å². The van der Waals surface area contributed by atoms with Crippen molar-refractivity contribution in [1.82, 2.24) is 0 Å². The second kappa shape index (κ2) is 6.37. The molecule has 1 atom stereocenters. The van der Waals surface area contributed by atoms with Crippen molar-refractivity contribution in [2.24, 2.45) is 0 Å². The van der Waals surface area contributed by atoms with Gasteiger partial charge in [-0.25, -0.2) is 8.78 Å². The summed E-state index contributed by atoms with van der Waals surface area (Å²) in [5.41, 5.74) is -0.103. The third-order valence-electron chi connectivity index (χ3n) is 2.67. The number of carbonyl (C=O) groups excluding carboxylic acids is 1. The van der Waals surface area contributed by atoms with Crippen LogP contribution >= 0.6 is 23.4 Å². The Balaban J connectivity index is 2.16. The predicted molar refractivity (Wildman–Crippen MR) is 77.5 cm³/mol. The molecule has 0 N–H and O–H groups in total. The highest BCUT2D eigenvalue weighted by Gasteiger charge is 2.20. The molecule has 0 aliphatic carbocycles. The number of thioether (sulfide) groups is 1. The Morgan fingerprint density at radius 1 is 1.20 bits per heavy atom. The normalized spacial score (nSPS) is 12.2. The quantitative estimate of drug-likeness (QED) is 0.585. The molecule has 0 aromatic heterocycles. The van der Waals surface area contributed by atoms with Crippen molar-refractivity contribution in [3.05, 3.63) is 64.7 Å². The van der Waals surface area contributed by atoms with Gasteiger partial charge in [-0.3, -0.25) is 4.79 Å². The topological polar surface area (TPSA) is 17.1 Å². The van der Waals surface area contributed by atoms with E-state index >= 15 is 0 Å². The Labute approximate surface area is 125 Å². The van der Waals surface area contributed by atoms with Gasteiger partial charge in [-0.2, -0.15) is 0 Å². The zero-order chi connectivity index (χ0) is 14.7. The summed E-state index contributed by atoms with van der Waals surface area (Å²) in [6, 6.07) is 10.0. The van der Waals surface area contributed by atoms with E-state index < -0.39 is 16.9 Å². The van der Waals surface area contributed by atoms with Crippen molar-refractivity contribution in [1.29, 1.82) is 0 Å². The first-order chi connectivity index (χ1) is 9.47. The van der Waals surface area contributed by atoms with Gasteiger partial charge in [-0.05, 0) is 37.3 Å². The first-order valence-electron chi connectivity index (χ1n) is 5.89. The maximum atomic E-state index is 13.6. The summed E-state index contributed by atoms with van der Waals surface area (Å²) >= 11 is 7.15. The molecule has 0 bridgehead atoms. The highest BCUT2D eigenvalue weighted by molar-refractivity contribution is 8.00. The molecule has 0 heterocycles. The molecule has 0 aliphatic rings. The second-order valence-corrected chi connectivity index (χ2v) is 6.06. The molecule has 0 radical (unpaired) electrons. The first-order valence-corrected chi connectivity index (χ1v) is 7.14. The van der Waals surface area contributed by atoms with E-state index in [0.29, 0.717) is 11.1 Å². The Morgan fingerprint density at radius 3 is 2.60 bits per heavy atom. The van der Waals surface area contributed by atoms with Crippen molar-refractivity contribution in [3.63, 3.8) is 0 Å². The number of rotatable bonds is 4. The van der Waals surface area contributed by atoms with Gasteiger partial charge in [-0.15, -0.1) is 11.8 Å². The van der Waals surface area contributed by atoms with Crippen LogP contribution in [0, 0.1) is 11.6 Å². The number of Topliss-reactive ketones (excluding diaryl/α,β-unsaturated/α-hetero) is 1. The van der Waals surface area contributed by atoms with Crippen LogP contribution in [0.4, 0.5) is 8.78 Å². The molecule has 0 saturated heterocycles. The molecule has 5 heteroatoms. The maximum Gasteiger partial charge on any atom is 0.178 e. The molecule has 0 fully saturated rings. The highest BCUT2D eigenvalue weighted by atomic mass is 35.5. The minimum Gasteiger partial charge on any atom is -0.293 e. The summed E-state index contributed by atoms with van der Waals surface area (Å²) in [5, 5.41) is 0.0797. The van der Waals surface area contributed by atoms with E-state index in [4.69, 9.17) is 11.6 Å². The van der Waals surface area contributed by atoms with E-state index in [1.807, 2.05) is 6.07 Å². The number of hydrogen-bond acceptors (Lipinski definition) is 2. The lowest BCUT2D eigenvalue weighted by molar-refractivity contribution is 0.0990. The lowest BCUT2D eigenvalue weighted by Crippen LogP contribution is -2.15. The third kappa shape index (κ3) is 3.58. The number of hydrogen-bond donors (Lipinski definition) is 0. The molecule has 20 heavy (non-hydrogen) atoms. The average molecular weight is 313 g/mol. The maximum absolute atomic E-state index is 13.6.